The van der Waals surface area contributed by atoms with Crippen LogP contribution in [0.3, 0.4) is 0 Å². The van der Waals surface area contributed by atoms with Crippen LogP contribution in [0.15, 0.2) is 58.4 Å². The zero-order valence-corrected chi connectivity index (χ0v) is 17.8. The van der Waals surface area contributed by atoms with Crippen LogP contribution in [0.1, 0.15) is 15.9 Å². The van der Waals surface area contributed by atoms with Crippen molar-refractivity contribution in [2.24, 2.45) is 0 Å². The van der Waals surface area contributed by atoms with Crippen molar-refractivity contribution in [1.29, 1.82) is 0 Å². The molecule has 2 aromatic carbocycles. The Bertz CT molecular complexity index is 969. The minimum Gasteiger partial charge on any atom is -0.496 e. The van der Waals surface area contributed by atoms with Gasteiger partial charge in [0, 0.05) is 37.2 Å². The van der Waals surface area contributed by atoms with Crippen molar-refractivity contribution < 1.29 is 17.9 Å². The Balaban J connectivity index is 1.63. The summed E-state index contributed by atoms with van der Waals surface area (Å²) in [5.41, 5.74) is 1.36. The summed E-state index contributed by atoms with van der Waals surface area (Å²) in [5.74, 6) is 0.526. The van der Waals surface area contributed by atoms with Crippen LogP contribution in [0.4, 0.5) is 0 Å². The maximum atomic E-state index is 12.7. The molecule has 0 unspecified atom stereocenters. The van der Waals surface area contributed by atoms with Crippen molar-refractivity contribution in [2.75, 3.05) is 33.3 Å². The fourth-order valence-electron chi connectivity index (χ4n) is 2.94. The minimum absolute atomic E-state index is 0.125. The van der Waals surface area contributed by atoms with Crippen LogP contribution in [-0.4, -0.2) is 56.8 Å². The van der Waals surface area contributed by atoms with E-state index in [1.54, 1.807) is 36.3 Å². The Hall–Kier alpha value is -2.16. The molecule has 28 heavy (non-hydrogen) atoms. The van der Waals surface area contributed by atoms with Crippen LogP contribution < -0.4 is 4.74 Å². The van der Waals surface area contributed by atoms with Gasteiger partial charge in [0.2, 0.25) is 10.0 Å². The number of methoxy groups -OCH3 is 1. The Morgan fingerprint density at radius 3 is 2.36 bits per heavy atom. The first-order valence-corrected chi connectivity index (χ1v) is 11.1. The second-order valence-corrected chi connectivity index (χ2v) is 8.97. The molecule has 1 saturated heterocycles. The Morgan fingerprint density at radius 1 is 1.07 bits per heavy atom. The Labute approximate surface area is 173 Å². The van der Waals surface area contributed by atoms with Gasteiger partial charge in [-0.2, -0.15) is 4.31 Å². The van der Waals surface area contributed by atoms with E-state index in [1.165, 1.54) is 9.71 Å². The molecule has 8 heteroatoms. The molecule has 1 aliphatic rings. The van der Waals surface area contributed by atoms with Crippen molar-refractivity contribution >= 4 is 37.9 Å². The molecule has 0 radical (unpaired) electrons. The van der Waals surface area contributed by atoms with Crippen LogP contribution >= 0.6 is 15.9 Å². The summed E-state index contributed by atoms with van der Waals surface area (Å²) in [6.07, 6.45) is 1.59. The third-order valence-electron chi connectivity index (χ3n) is 4.52. The fourth-order valence-corrected chi connectivity index (χ4v) is 4.66. The Morgan fingerprint density at radius 2 is 1.75 bits per heavy atom. The number of carbonyl (C=O) groups is 1. The monoisotopic (exact) mass is 464 g/mol. The molecule has 0 N–H and O–H groups in total. The number of benzene rings is 2. The van der Waals surface area contributed by atoms with Gasteiger partial charge in [0.15, 0.2) is 0 Å². The number of sulfonamides is 1. The summed E-state index contributed by atoms with van der Waals surface area (Å²) in [4.78, 5) is 14.4. The molecule has 1 aliphatic heterocycles. The van der Waals surface area contributed by atoms with E-state index in [-0.39, 0.29) is 19.0 Å². The van der Waals surface area contributed by atoms with Crippen LogP contribution in [0.2, 0.25) is 0 Å². The van der Waals surface area contributed by atoms with Gasteiger partial charge in [0.05, 0.1) is 11.6 Å². The quantitative estimate of drug-likeness (QED) is 0.681. The van der Waals surface area contributed by atoms with Crippen molar-refractivity contribution in [1.82, 2.24) is 9.21 Å². The summed E-state index contributed by atoms with van der Waals surface area (Å²) in [6, 6.07) is 14.4. The molecule has 0 aliphatic carbocycles. The number of rotatable bonds is 5. The molecule has 1 heterocycles. The van der Waals surface area contributed by atoms with E-state index >= 15 is 0 Å². The molecule has 1 fully saturated rings. The van der Waals surface area contributed by atoms with Gasteiger partial charge in [-0.1, -0.05) is 30.3 Å². The average Bonchev–Trinajstić information content (AvgIpc) is 2.72. The van der Waals surface area contributed by atoms with Crippen molar-refractivity contribution in [3.05, 3.63) is 69.5 Å². The van der Waals surface area contributed by atoms with Crippen LogP contribution in [0, 0.1) is 0 Å². The molecule has 0 spiro atoms. The maximum absolute atomic E-state index is 12.7. The van der Waals surface area contributed by atoms with Crippen molar-refractivity contribution in [3.8, 4) is 5.75 Å². The van der Waals surface area contributed by atoms with E-state index in [9.17, 15) is 13.2 Å². The third kappa shape index (κ3) is 4.81. The number of ether oxygens (including phenoxy) is 1. The first-order chi connectivity index (χ1) is 13.4. The number of carbonyl (C=O) groups excluding carboxylic acids is 1. The second-order valence-electron chi connectivity index (χ2n) is 6.30. The van der Waals surface area contributed by atoms with Gasteiger partial charge >= 0.3 is 0 Å². The van der Waals surface area contributed by atoms with Gasteiger partial charge < -0.3 is 9.64 Å². The number of amides is 1. The highest BCUT2D eigenvalue weighted by molar-refractivity contribution is 9.10. The molecular weight excluding hydrogens is 444 g/mol. The molecule has 0 aromatic heterocycles. The van der Waals surface area contributed by atoms with Gasteiger partial charge in [-0.05, 0) is 45.8 Å². The molecular formula is C20H21BrN2O4S. The van der Waals surface area contributed by atoms with Crippen molar-refractivity contribution in [3.63, 3.8) is 0 Å². The smallest absolute Gasteiger partial charge is 0.253 e. The van der Waals surface area contributed by atoms with Gasteiger partial charge in [-0.25, -0.2) is 8.42 Å². The van der Waals surface area contributed by atoms with Crippen LogP contribution in [0.5, 0.6) is 5.75 Å². The van der Waals surface area contributed by atoms with Gasteiger partial charge in [-0.15, -0.1) is 0 Å². The zero-order valence-electron chi connectivity index (χ0n) is 15.4. The number of nitrogens with zero attached hydrogens (tertiary/aromatic N) is 2. The number of hydrogen-bond acceptors (Lipinski definition) is 4. The lowest BCUT2D eigenvalue weighted by molar-refractivity contribution is 0.0698. The first kappa shape index (κ1) is 20.6. The largest absolute Gasteiger partial charge is 0.496 e. The third-order valence-corrected chi connectivity index (χ3v) is 6.70. The van der Waals surface area contributed by atoms with E-state index in [1.807, 2.05) is 30.3 Å². The summed E-state index contributed by atoms with van der Waals surface area (Å²) < 4.78 is 32.4. The van der Waals surface area contributed by atoms with E-state index in [0.29, 0.717) is 28.9 Å². The van der Waals surface area contributed by atoms with E-state index < -0.39 is 10.0 Å². The normalized spacial score (nSPS) is 15.7. The number of hydrogen-bond donors (Lipinski definition) is 0. The number of halogens is 1. The molecule has 148 valence electrons. The zero-order chi connectivity index (χ0) is 20.1. The lowest BCUT2D eigenvalue weighted by Gasteiger charge is -2.33. The Kier molecular flexibility index (Phi) is 6.53. The average molecular weight is 465 g/mol. The molecule has 0 saturated carbocycles. The van der Waals surface area contributed by atoms with Crippen molar-refractivity contribution in [2.45, 2.75) is 0 Å². The maximum Gasteiger partial charge on any atom is 0.253 e. The first-order valence-electron chi connectivity index (χ1n) is 8.77. The molecule has 0 atom stereocenters. The minimum atomic E-state index is -3.52. The summed E-state index contributed by atoms with van der Waals surface area (Å²) >= 11 is 3.38. The van der Waals surface area contributed by atoms with E-state index in [0.717, 1.165) is 5.56 Å². The molecule has 1 amide bonds. The standard InChI is InChI=1S/C20H21BrN2O4S/c1-27-19-8-7-17(15-18(19)21)20(24)22-10-12-23(13-11-22)28(25,26)14-9-16-5-3-2-4-6-16/h2-9,14-15H,10-13H2,1H3/b14-9+. The topological polar surface area (TPSA) is 66.9 Å². The highest BCUT2D eigenvalue weighted by Gasteiger charge is 2.28. The van der Waals surface area contributed by atoms with E-state index in [4.69, 9.17) is 4.74 Å². The summed E-state index contributed by atoms with van der Waals surface area (Å²) in [5, 5.41) is 1.22. The predicted molar refractivity (Wildman–Crippen MR) is 113 cm³/mol. The summed E-state index contributed by atoms with van der Waals surface area (Å²) in [6.45, 7) is 1.23. The highest BCUT2D eigenvalue weighted by Crippen LogP contribution is 2.26. The summed E-state index contributed by atoms with van der Waals surface area (Å²) in [7, 11) is -1.96. The number of piperazine rings is 1. The lowest BCUT2D eigenvalue weighted by atomic mass is 10.2. The predicted octanol–water partition coefficient (Wildman–Crippen LogP) is 3.22. The highest BCUT2D eigenvalue weighted by atomic mass is 79.9. The SMILES string of the molecule is COc1ccc(C(=O)N2CCN(S(=O)(=O)/C=C/c3ccccc3)CC2)cc1Br. The molecule has 3 rings (SSSR count). The van der Waals surface area contributed by atoms with E-state index in [2.05, 4.69) is 15.9 Å². The molecule has 6 nitrogen and oxygen atoms in total. The van der Waals surface area contributed by atoms with Gasteiger partial charge in [0.25, 0.3) is 5.91 Å². The fraction of sp³-hybridized carbons (Fsp3) is 0.250. The lowest BCUT2D eigenvalue weighted by Crippen LogP contribution is -2.50. The van der Waals surface area contributed by atoms with Crippen LogP contribution in [0.25, 0.3) is 6.08 Å². The van der Waals surface area contributed by atoms with Crippen LogP contribution in [-0.2, 0) is 10.0 Å². The van der Waals surface area contributed by atoms with Gasteiger partial charge in [0.1, 0.15) is 5.75 Å². The molecule has 0 bridgehead atoms. The van der Waals surface area contributed by atoms with Gasteiger partial charge in [-0.3, -0.25) is 4.79 Å². The molecule has 2 aromatic rings. The second kappa shape index (κ2) is 8.89.